The van der Waals surface area contributed by atoms with Crippen LogP contribution in [-0.4, -0.2) is 22.0 Å². The zero-order valence-electron chi connectivity index (χ0n) is 18.4. The maximum absolute atomic E-state index is 12.5. The van der Waals surface area contributed by atoms with Gasteiger partial charge in [-0.25, -0.2) is 4.99 Å². The predicted octanol–water partition coefficient (Wildman–Crippen LogP) is 6.30. The number of thioether (sulfide) groups is 1. The Morgan fingerprint density at radius 2 is 2.06 bits per heavy atom. The molecule has 1 saturated heterocycles. The first-order valence-corrected chi connectivity index (χ1v) is 12.5. The molecule has 2 heterocycles. The van der Waals surface area contributed by atoms with Gasteiger partial charge in [0.1, 0.15) is 0 Å². The highest BCUT2D eigenvalue weighted by atomic mass is 35.5. The summed E-state index contributed by atoms with van der Waals surface area (Å²) in [5.74, 6) is 0.264. The van der Waals surface area contributed by atoms with Crippen LogP contribution in [0.1, 0.15) is 37.7 Å². The molecule has 2 amide bonds. The predicted molar refractivity (Wildman–Crippen MR) is 139 cm³/mol. The van der Waals surface area contributed by atoms with Crippen LogP contribution < -0.4 is 10.6 Å². The van der Waals surface area contributed by atoms with E-state index in [1.54, 1.807) is 24.4 Å². The number of amidine groups is 1. The van der Waals surface area contributed by atoms with E-state index in [1.807, 2.05) is 36.4 Å². The van der Waals surface area contributed by atoms with Gasteiger partial charge in [-0.05, 0) is 78.6 Å². The molecule has 3 aromatic rings. The van der Waals surface area contributed by atoms with E-state index in [0.717, 1.165) is 29.3 Å². The number of pyridine rings is 1. The normalized spacial score (nSPS) is 18.7. The van der Waals surface area contributed by atoms with Gasteiger partial charge in [0, 0.05) is 23.7 Å². The minimum atomic E-state index is -0.216. The van der Waals surface area contributed by atoms with Crippen LogP contribution >= 0.6 is 23.4 Å². The van der Waals surface area contributed by atoms with Gasteiger partial charge in [-0.3, -0.25) is 14.6 Å². The first kappa shape index (κ1) is 22.6. The number of hydrogen-bond acceptors (Lipinski definition) is 5. The van der Waals surface area contributed by atoms with Crippen LogP contribution in [0.2, 0.25) is 5.02 Å². The van der Waals surface area contributed by atoms with E-state index in [1.165, 1.54) is 24.6 Å². The first-order chi connectivity index (χ1) is 16.5. The number of rotatable bonds is 5. The average molecular weight is 491 g/mol. The second-order valence-electron chi connectivity index (χ2n) is 8.51. The van der Waals surface area contributed by atoms with E-state index < -0.39 is 0 Å². The Labute approximate surface area is 206 Å². The molecule has 1 saturated carbocycles. The lowest BCUT2D eigenvalue weighted by atomic mass is 10.0. The van der Waals surface area contributed by atoms with Crippen LogP contribution in [0, 0.1) is 5.92 Å². The third-order valence-corrected chi connectivity index (χ3v) is 7.21. The van der Waals surface area contributed by atoms with E-state index in [2.05, 4.69) is 20.6 Å². The lowest BCUT2D eigenvalue weighted by molar-refractivity contribution is -0.117. The number of fused-ring (bicyclic) bond motifs is 1. The standard InChI is InChI=1S/C26H23ClN4O2S/c27-20-9-8-19(29-24(32)14-16-4-1-2-5-16)15-22(20)30-26-31-25(33)23(34-26)13-17-7-10-21-18(12-17)6-3-11-28-21/h3,6-13,15-16H,1-2,4-5,14H2,(H,29,32)(H,30,31,33)/b23-13-. The first-order valence-electron chi connectivity index (χ1n) is 11.3. The number of aliphatic imine (C=N–C) groups is 1. The maximum Gasteiger partial charge on any atom is 0.264 e. The Bertz CT molecular complexity index is 1330. The summed E-state index contributed by atoms with van der Waals surface area (Å²) in [7, 11) is 0. The second kappa shape index (κ2) is 9.99. The van der Waals surface area contributed by atoms with Crippen LogP contribution in [-0.2, 0) is 9.59 Å². The Morgan fingerprint density at radius 1 is 1.21 bits per heavy atom. The maximum atomic E-state index is 12.5. The molecule has 172 valence electrons. The fourth-order valence-electron chi connectivity index (χ4n) is 4.29. The van der Waals surface area contributed by atoms with Crippen molar-refractivity contribution in [2.75, 3.05) is 5.32 Å². The Morgan fingerprint density at radius 3 is 2.91 bits per heavy atom. The van der Waals surface area contributed by atoms with Crippen molar-refractivity contribution >= 4 is 68.7 Å². The van der Waals surface area contributed by atoms with E-state index in [-0.39, 0.29) is 11.8 Å². The number of anilines is 1. The zero-order chi connectivity index (χ0) is 23.5. The van der Waals surface area contributed by atoms with Crippen LogP contribution in [0.3, 0.4) is 0 Å². The van der Waals surface area contributed by atoms with Gasteiger partial charge in [-0.2, -0.15) is 0 Å². The van der Waals surface area contributed by atoms with Crippen molar-refractivity contribution in [2.45, 2.75) is 32.1 Å². The molecule has 2 N–H and O–H groups in total. The Hall–Kier alpha value is -3.16. The van der Waals surface area contributed by atoms with Gasteiger partial charge >= 0.3 is 0 Å². The number of benzene rings is 2. The number of nitrogens with zero attached hydrogens (tertiary/aromatic N) is 2. The summed E-state index contributed by atoms with van der Waals surface area (Å²) >= 11 is 7.60. The fraction of sp³-hybridized carbons (Fsp3) is 0.231. The minimum Gasteiger partial charge on any atom is -0.326 e. The number of hydrogen-bond donors (Lipinski definition) is 2. The molecule has 6 nitrogen and oxygen atoms in total. The van der Waals surface area contributed by atoms with Crippen molar-refractivity contribution < 1.29 is 9.59 Å². The van der Waals surface area contributed by atoms with Gasteiger partial charge in [-0.1, -0.05) is 36.6 Å². The molecule has 2 fully saturated rings. The van der Waals surface area contributed by atoms with Crippen molar-refractivity contribution in [1.82, 2.24) is 10.3 Å². The van der Waals surface area contributed by atoms with Crippen LogP contribution in [0.4, 0.5) is 11.4 Å². The molecule has 5 rings (SSSR count). The molecule has 2 aliphatic rings. The zero-order valence-corrected chi connectivity index (χ0v) is 20.0. The number of aromatic nitrogens is 1. The Balaban J connectivity index is 1.31. The van der Waals surface area contributed by atoms with Gasteiger partial charge in [0.15, 0.2) is 5.17 Å². The molecule has 2 aromatic carbocycles. The van der Waals surface area contributed by atoms with Crippen molar-refractivity contribution in [3.63, 3.8) is 0 Å². The summed E-state index contributed by atoms with van der Waals surface area (Å²) in [6, 6.07) is 14.9. The molecule has 0 bridgehead atoms. The molecule has 1 aliphatic carbocycles. The van der Waals surface area contributed by atoms with E-state index in [9.17, 15) is 9.59 Å². The monoisotopic (exact) mass is 490 g/mol. The number of halogens is 1. The van der Waals surface area contributed by atoms with Gasteiger partial charge < -0.3 is 10.6 Å². The molecule has 0 radical (unpaired) electrons. The quantitative estimate of drug-likeness (QED) is 0.411. The third-order valence-electron chi connectivity index (χ3n) is 5.98. The van der Waals surface area contributed by atoms with Gasteiger partial charge in [0.25, 0.3) is 5.91 Å². The van der Waals surface area contributed by atoms with Crippen LogP contribution in [0.25, 0.3) is 17.0 Å². The SMILES string of the molecule is O=C(CC1CCCC1)Nc1ccc(Cl)c(N=C2NC(=O)/C(=C/c3ccc4ncccc4c3)S2)c1. The molecule has 0 unspecified atom stereocenters. The average Bonchev–Trinajstić information content (AvgIpc) is 3.45. The summed E-state index contributed by atoms with van der Waals surface area (Å²) in [6.07, 6.45) is 8.78. The molecule has 8 heteroatoms. The topological polar surface area (TPSA) is 83.5 Å². The van der Waals surface area contributed by atoms with E-state index >= 15 is 0 Å². The van der Waals surface area contributed by atoms with Crippen molar-refractivity contribution in [3.05, 3.63) is 70.2 Å². The molecule has 0 spiro atoms. The fourth-order valence-corrected chi connectivity index (χ4v) is 5.28. The molecule has 34 heavy (non-hydrogen) atoms. The summed E-state index contributed by atoms with van der Waals surface area (Å²) in [5, 5.41) is 7.63. The van der Waals surface area contributed by atoms with Crippen molar-refractivity contribution in [1.29, 1.82) is 0 Å². The largest absolute Gasteiger partial charge is 0.326 e. The second-order valence-corrected chi connectivity index (χ2v) is 9.94. The summed E-state index contributed by atoms with van der Waals surface area (Å²) in [6.45, 7) is 0. The number of nitrogens with one attached hydrogen (secondary N) is 2. The number of carbonyl (C=O) groups excluding carboxylic acids is 2. The summed E-state index contributed by atoms with van der Waals surface area (Å²) in [5.41, 5.74) is 2.94. The van der Waals surface area contributed by atoms with Gasteiger partial charge in [0.2, 0.25) is 5.91 Å². The van der Waals surface area contributed by atoms with Crippen molar-refractivity contribution in [2.24, 2.45) is 10.9 Å². The molecule has 1 aliphatic heterocycles. The number of amides is 2. The molecular weight excluding hydrogens is 468 g/mol. The third kappa shape index (κ3) is 5.32. The smallest absolute Gasteiger partial charge is 0.264 e. The molecule has 1 aromatic heterocycles. The van der Waals surface area contributed by atoms with E-state index in [4.69, 9.17) is 11.6 Å². The summed E-state index contributed by atoms with van der Waals surface area (Å²) in [4.78, 5) is 34.3. The lowest BCUT2D eigenvalue weighted by Gasteiger charge is -2.10. The van der Waals surface area contributed by atoms with Crippen LogP contribution in [0.15, 0.2) is 64.6 Å². The summed E-state index contributed by atoms with van der Waals surface area (Å²) < 4.78 is 0. The number of carbonyl (C=O) groups is 2. The molecular formula is C26H23ClN4O2S. The lowest BCUT2D eigenvalue weighted by Crippen LogP contribution is -2.19. The van der Waals surface area contributed by atoms with E-state index in [0.29, 0.717) is 38.8 Å². The van der Waals surface area contributed by atoms with Crippen molar-refractivity contribution in [3.8, 4) is 0 Å². The molecule has 0 atom stereocenters. The Kier molecular flexibility index (Phi) is 6.65. The minimum absolute atomic E-state index is 0.00664. The highest BCUT2D eigenvalue weighted by Gasteiger charge is 2.24. The van der Waals surface area contributed by atoms with Gasteiger partial charge in [-0.15, -0.1) is 0 Å². The highest BCUT2D eigenvalue weighted by Crippen LogP contribution is 2.33. The van der Waals surface area contributed by atoms with Gasteiger partial charge in [0.05, 0.1) is 21.1 Å². The van der Waals surface area contributed by atoms with Crippen LogP contribution in [0.5, 0.6) is 0 Å². The highest BCUT2D eigenvalue weighted by molar-refractivity contribution is 8.18.